The van der Waals surface area contributed by atoms with Crippen LogP contribution in [0.4, 0.5) is 14.5 Å². The van der Waals surface area contributed by atoms with Gasteiger partial charge in [0.2, 0.25) is 0 Å². The molecule has 0 spiro atoms. The summed E-state index contributed by atoms with van der Waals surface area (Å²) in [5.41, 5.74) is 2.06. The highest BCUT2D eigenvalue weighted by Crippen LogP contribution is 2.31. The molecule has 0 atom stereocenters. The van der Waals surface area contributed by atoms with Crippen LogP contribution in [0.2, 0.25) is 0 Å². The molecule has 0 saturated carbocycles. The fraction of sp³-hybridized carbons (Fsp3) is 0.192. The topological polar surface area (TPSA) is 97.1 Å². The van der Waals surface area contributed by atoms with Gasteiger partial charge in [-0.25, -0.2) is 0 Å². The van der Waals surface area contributed by atoms with Crippen LogP contribution in [0.1, 0.15) is 27.0 Å². The third-order valence-corrected chi connectivity index (χ3v) is 5.09. The van der Waals surface area contributed by atoms with Crippen LogP contribution in [0, 0.1) is 17.0 Å². The van der Waals surface area contributed by atoms with Gasteiger partial charge in [-0.1, -0.05) is 18.2 Å². The van der Waals surface area contributed by atoms with Crippen molar-refractivity contribution in [2.24, 2.45) is 0 Å². The van der Waals surface area contributed by atoms with E-state index in [0.29, 0.717) is 16.9 Å². The van der Waals surface area contributed by atoms with Crippen molar-refractivity contribution in [3.63, 3.8) is 0 Å². The zero-order valence-corrected chi connectivity index (χ0v) is 19.7. The average Bonchev–Trinajstić information content (AvgIpc) is 2.86. The molecular weight excluding hydrogens is 476 g/mol. The number of alkyl halides is 2. The third kappa shape index (κ3) is 6.56. The Morgan fingerprint density at radius 2 is 1.67 bits per heavy atom. The molecule has 0 saturated heterocycles. The fourth-order valence-corrected chi connectivity index (χ4v) is 3.34. The van der Waals surface area contributed by atoms with Crippen molar-refractivity contribution in [1.29, 1.82) is 0 Å². The van der Waals surface area contributed by atoms with Crippen LogP contribution in [-0.2, 0) is 6.61 Å². The highest BCUT2D eigenvalue weighted by molar-refractivity contribution is 6.07. The molecule has 3 aromatic rings. The number of nitrogens with zero attached hydrogens (tertiary/aromatic N) is 1. The lowest BCUT2D eigenvalue weighted by molar-refractivity contribution is -0.386. The number of benzene rings is 3. The van der Waals surface area contributed by atoms with Crippen molar-refractivity contribution < 1.29 is 37.4 Å². The van der Waals surface area contributed by atoms with Gasteiger partial charge >= 0.3 is 12.3 Å². The maximum absolute atomic E-state index is 12.6. The van der Waals surface area contributed by atoms with Gasteiger partial charge in [0.25, 0.3) is 0 Å². The molecule has 0 N–H and O–H groups in total. The minimum absolute atomic E-state index is 0.00336. The number of ketones is 1. The van der Waals surface area contributed by atoms with Crippen LogP contribution >= 0.6 is 0 Å². The van der Waals surface area contributed by atoms with E-state index in [2.05, 4.69) is 4.74 Å². The lowest BCUT2D eigenvalue weighted by Crippen LogP contribution is -2.04. The molecule has 0 amide bonds. The van der Waals surface area contributed by atoms with Crippen LogP contribution in [0.3, 0.4) is 0 Å². The van der Waals surface area contributed by atoms with E-state index in [1.807, 2.05) is 0 Å². The molecule has 0 aliphatic carbocycles. The number of carbonyl (C=O) groups excluding carboxylic acids is 1. The van der Waals surface area contributed by atoms with E-state index in [-0.39, 0.29) is 40.9 Å². The van der Waals surface area contributed by atoms with E-state index in [1.165, 1.54) is 50.6 Å². The van der Waals surface area contributed by atoms with Gasteiger partial charge in [0.05, 0.1) is 19.1 Å². The Balaban J connectivity index is 1.78. The molecule has 0 aliphatic heterocycles. The molecule has 0 fully saturated rings. The number of halogens is 2. The summed E-state index contributed by atoms with van der Waals surface area (Å²) in [5.74, 6) is 0.0654. The summed E-state index contributed by atoms with van der Waals surface area (Å²) >= 11 is 0. The Hall–Kier alpha value is -4.47. The van der Waals surface area contributed by atoms with Gasteiger partial charge in [0, 0.05) is 17.2 Å². The summed E-state index contributed by atoms with van der Waals surface area (Å²) < 4.78 is 45.5. The summed E-state index contributed by atoms with van der Waals surface area (Å²) in [5, 5.41) is 11.3. The number of allylic oxidation sites excluding steroid dienone is 1. The van der Waals surface area contributed by atoms with Crippen molar-refractivity contribution in [3.05, 3.63) is 93.0 Å². The molecule has 0 bridgehead atoms. The number of methoxy groups -OCH3 is 2. The van der Waals surface area contributed by atoms with Crippen LogP contribution in [0.5, 0.6) is 23.0 Å². The number of hydrogen-bond donors (Lipinski definition) is 0. The van der Waals surface area contributed by atoms with E-state index in [1.54, 1.807) is 37.3 Å². The van der Waals surface area contributed by atoms with Gasteiger partial charge in [0.1, 0.15) is 12.4 Å². The second-order valence-corrected chi connectivity index (χ2v) is 7.53. The zero-order chi connectivity index (χ0) is 26.2. The Morgan fingerprint density at radius 1 is 0.972 bits per heavy atom. The summed E-state index contributed by atoms with van der Waals surface area (Å²) in [4.78, 5) is 23.5. The fourth-order valence-electron chi connectivity index (χ4n) is 3.34. The van der Waals surface area contributed by atoms with E-state index >= 15 is 0 Å². The Labute approximate surface area is 205 Å². The largest absolute Gasteiger partial charge is 0.496 e. The molecule has 188 valence electrons. The van der Waals surface area contributed by atoms with Gasteiger partial charge < -0.3 is 18.9 Å². The molecule has 0 aliphatic rings. The predicted molar refractivity (Wildman–Crippen MR) is 128 cm³/mol. The second kappa shape index (κ2) is 11.8. The van der Waals surface area contributed by atoms with Crippen LogP contribution < -0.4 is 18.9 Å². The van der Waals surface area contributed by atoms with E-state index < -0.39 is 11.5 Å². The Kier molecular flexibility index (Phi) is 8.56. The van der Waals surface area contributed by atoms with E-state index in [9.17, 15) is 23.7 Å². The van der Waals surface area contributed by atoms with Crippen molar-refractivity contribution in [3.8, 4) is 23.0 Å². The second-order valence-electron chi connectivity index (χ2n) is 7.53. The van der Waals surface area contributed by atoms with Gasteiger partial charge in [-0.15, -0.1) is 0 Å². The molecule has 36 heavy (non-hydrogen) atoms. The van der Waals surface area contributed by atoms with Crippen molar-refractivity contribution in [2.75, 3.05) is 14.2 Å². The standard InChI is InChI=1S/C26H23F2NO7/c1-16-4-9-23(20(12-16)29(31)32)35-15-19-13-17(6-10-22(19)33-2)5-8-21(30)18-7-11-24(36-26(27)28)25(14-18)34-3/h4-14,26H,15H2,1-3H3/b8-5+. The van der Waals surface area contributed by atoms with Gasteiger partial charge in [-0.3, -0.25) is 14.9 Å². The summed E-state index contributed by atoms with van der Waals surface area (Å²) in [7, 11) is 2.77. The molecule has 3 aromatic carbocycles. The van der Waals surface area contributed by atoms with Gasteiger partial charge in [-0.2, -0.15) is 8.78 Å². The van der Waals surface area contributed by atoms with Gasteiger partial charge in [0.15, 0.2) is 23.0 Å². The van der Waals surface area contributed by atoms with Crippen molar-refractivity contribution in [2.45, 2.75) is 20.1 Å². The first-order chi connectivity index (χ1) is 17.2. The molecule has 0 aromatic heterocycles. The maximum atomic E-state index is 12.6. The Morgan fingerprint density at radius 3 is 2.33 bits per heavy atom. The highest BCUT2D eigenvalue weighted by Gasteiger charge is 2.16. The number of hydrogen-bond acceptors (Lipinski definition) is 7. The monoisotopic (exact) mass is 499 g/mol. The van der Waals surface area contributed by atoms with Gasteiger partial charge in [-0.05, 0) is 60.5 Å². The summed E-state index contributed by atoms with van der Waals surface area (Å²) in [6.07, 6.45) is 2.88. The van der Waals surface area contributed by atoms with Crippen molar-refractivity contribution >= 4 is 17.5 Å². The third-order valence-electron chi connectivity index (χ3n) is 5.09. The molecule has 8 nitrogen and oxygen atoms in total. The molecule has 10 heteroatoms. The highest BCUT2D eigenvalue weighted by atomic mass is 19.3. The molecular formula is C26H23F2NO7. The lowest BCUT2D eigenvalue weighted by Gasteiger charge is -2.12. The first kappa shape index (κ1) is 26.1. The number of nitro groups is 1. The van der Waals surface area contributed by atoms with E-state index in [0.717, 1.165) is 5.56 Å². The number of carbonyl (C=O) groups is 1. The molecule has 0 heterocycles. The number of aryl methyl sites for hydroxylation is 1. The smallest absolute Gasteiger partial charge is 0.387 e. The van der Waals surface area contributed by atoms with E-state index in [4.69, 9.17) is 14.2 Å². The molecule has 3 rings (SSSR count). The molecule has 0 unspecified atom stereocenters. The van der Waals surface area contributed by atoms with Crippen LogP contribution in [-0.4, -0.2) is 31.5 Å². The number of ether oxygens (including phenoxy) is 4. The minimum atomic E-state index is -3.02. The average molecular weight is 499 g/mol. The number of nitro benzene ring substituents is 1. The maximum Gasteiger partial charge on any atom is 0.387 e. The van der Waals surface area contributed by atoms with Crippen LogP contribution in [0.15, 0.2) is 60.7 Å². The Bertz CT molecular complexity index is 1290. The first-order valence-electron chi connectivity index (χ1n) is 10.6. The summed E-state index contributed by atoms with van der Waals surface area (Å²) in [6, 6.07) is 13.7. The van der Waals surface area contributed by atoms with Crippen LogP contribution in [0.25, 0.3) is 6.08 Å². The minimum Gasteiger partial charge on any atom is -0.496 e. The zero-order valence-electron chi connectivity index (χ0n) is 19.7. The SMILES string of the molecule is COc1ccc(/C=C/C(=O)c2ccc(OC(F)F)c(OC)c2)cc1COc1ccc(C)cc1[N+](=O)[O-]. The quantitative estimate of drug-likeness (QED) is 0.138. The lowest BCUT2D eigenvalue weighted by atomic mass is 10.1. The normalized spacial score (nSPS) is 10.9. The van der Waals surface area contributed by atoms with Crippen molar-refractivity contribution in [1.82, 2.24) is 0 Å². The predicted octanol–water partition coefficient (Wildman–Crippen LogP) is 6.00. The molecule has 0 radical (unpaired) electrons. The first-order valence-corrected chi connectivity index (χ1v) is 10.6. The summed E-state index contributed by atoms with van der Waals surface area (Å²) in [6.45, 7) is -1.28. The number of rotatable bonds is 11.